The van der Waals surface area contributed by atoms with Gasteiger partial charge in [0.15, 0.2) is 17.3 Å². The first kappa shape index (κ1) is 18.8. The van der Waals surface area contributed by atoms with E-state index >= 15 is 0 Å². The maximum atomic E-state index is 6.07. The highest BCUT2D eigenvalue weighted by molar-refractivity contribution is 6.02. The largest absolute Gasteiger partial charge is 0.495 e. The highest BCUT2D eigenvalue weighted by atomic mass is 16.8. The third-order valence-corrected chi connectivity index (χ3v) is 4.95. The summed E-state index contributed by atoms with van der Waals surface area (Å²) in [6.45, 7) is 8.10. The zero-order valence-corrected chi connectivity index (χ0v) is 17.0. The number of methoxy groups -OCH3 is 2. The second kappa shape index (κ2) is 6.53. The number of pyridine rings is 1. The van der Waals surface area contributed by atoms with Crippen molar-refractivity contribution in [1.29, 1.82) is 0 Å². The Labute approximate surface area is 163 Å². The van der Waals surface area contributed by atoms with Crippen LogP contribution in [0.4, 0.5) is 0 Å². The molecule has 1 saturated heterocycles. The minimum absolute atomic E-state index is 0.224. The van der Waals surface area contributed by atoms with Crippen LogP contribution in [0.1, 0.15) is 27.7 Å². The maximum Gasteiger partial charge on any atom is 0.230 e. The molecule has 4 rings (SSSR count). The molecule has 0 aliphatic carbocycles. The Kier molecular flexibility index (Phi) is 4.39. The van der Waals surface area contributed by atoms with E-state index in [-0.39, 0.29) is 6.10 Å². The topological polar surface area (TPSA) is 72.2 Å². The molecule has 7 heteroatoms. The van der Waals surface area contributed by atoms with Gasteiger partial charge in [0.25, 0.3) is 0 Å². The highest BCUT2D eigenvalue weighted by Crippen LogP contribution is 2.42. The molecule has 1 atom stereocenters. The van der Waals surface area contributed by atoms with E-state index in [0.717, 1.165) is 10.8 Å². The van der Waals surface area contributed by atoms with E-state index in [2.05, 4.69) is 4.98 Å². The molecular weight excluding hydrogens is 362 g/mol. The summed E-state index contributed by atoms with van der Waals surface area (Å²) in [5.74, 6) is 1.13. The quantitative estimate of drug-likeness (QED) is 0.646. The van der Waals surface area contributed by atoms with Gasteiger partial charge in [0.1, 0.15) is 24.0 Å². The normalized spacial score (nSPS) is 20.6. The molecule has 1 aliphatic heterocycles. The van der Waals surface area contributed by atoms with Crippen LogP contribution in [0.3, 0.4) is 0 Å². The number of nitrogens with zero attached hydrogens (tertiary/aromatic N) is 1. The van der Waals surface area contributed by atoms with Crippen LogP contribution in [0.5, 0.6) is 17.2 Å². The van der Waals surface area contributed by atoms with Crippen molar-refractivity contribution in [3.05, 3.63) is 24.5 Å². The van der Waals surface area contributed by atoms with E-state index in [0.29, 0.717) is 35.1 Å². The summed E-state index contributed by atoms with van der Waals surface area (Å²) < 4.78 is 34.7. The second-order valence-corrected chi connectivity index (χ2v) is 7.80. The number of ether oxygens (including phenoxy) is 5. The average molecular weight is 387 g/mol. The van der Waals surface area contributed by atoms with Crippen molar-refractivity contribution in [2.45, 2.75) is 45.2 Å². The SMILES string of the molecule is COc1c2ccoc2nc2c(OC)c(OC[C@H]3OC(C)(C)OC3(C)C)ccc12. The van der Waals surface area contributed by atoms with E-state index in [1.54, 1.807) is 20.5 Å². The van der Waals surface area contributed by atoms with Crippen molar-refractivity contribution < 1.29 is 28.1 Å². The number of benzene rings is 1. The summed E-state index contributed by atoms with van der Waals surface area (Å²) in [5, 5.41) is 1.63. The first-order valence-electron chi connectivity index (χ1n) is 9.18. The van der Waals surface area contributed by atoms with Gasteiger partial charge in [-0.1, -0.05) is 0 Å². The van der Waals surface area contributed by atoms with Gasteiger partial charge in [-0.05, 0) is 45.9 Å². The molecule has 0 radical (unpaired) electrons. The maximum absolute atomic E-state index is 6.07. The Morgan fingerprint density at radius 1 is 1.00 bits per heavy atom. The lowest BCUT2D eigenvalue weighted by atomic mass is 10.0. The van der Waals surface area contributed by atoms with Crippen molar-refractivity contribution >= 4 is 22.0 Å². The van der Waals surface area contributed by atoms with Crippen LogP contribution in [0.2, 0.25) is 0 Å². The molecule has 150 valence electrons. The van der Waals surface area contributed by atoms with E-state index in [1.807, 2.05) is 45.9 Å². The molecule has 1 fully saturated rings. The lowest BCUT2D eigenvalue weighted by molar-refractivity contribution is -0.158. The molecule has 1 aliphatic rings. The number of hydrogen-bond acceptors (Lipinski definition) is 7. The van der Waals surface area contributed by atoms with Crippen LogP contribution in [0, 0.1) is 0 Å². The van der Waals surface area contributed by atoms with Crippen LogP contribution in [-0.2, 0) is 9.47 Å². The van der Waals surface area contributed by atoms with E-state index in [9.17, 15) is 0 Å². The molecule has 7 nitrogen and oxygen atoms in total. The zero-order chi connectivity index (χ0) is 20.1. The van der Waals surface area contributed by atoms with E-state index < -0.39 is 11.4 Å². The van der Waals surface area contributed by atoms with Crippen LogP contribution in [-0.4, -0.2) is 43.3 Å². The molecule has 28 heavy (non-hydrogen) atoms. The number of aromatic nitrogens is 1. The lowest BCUT2D eigenvalue weighted by Gasteiger charge is -2.24. The predicted molar refractivity (Wildman–Crippen MR) is 104 cm³/mol. The minimum Gasteiger partial charge on any atom is -0.495 e. The Bertz CT molecular complexity index is 1020. The summed E-state index contributed by atoms with van der Waals surface area (Å²) >= 11 is 0. The van der Waals surface area contributed by atoms with Crippen LogP contribution in [0.25, 0.3) is 22.0 Å². The number of furan rings is 1. The summed E-state index contributed by atoms with van der Waals surface area (Å²) in [6.07, 6.45) is 1.36. The molecule has 2 aromatic heterocycles. The van der Waals surface area contributed by atoms with Gasteiger partial charge in [-0.25, -0.2) is 4.98 Å². The molecule has 3 aromatic rings. The first-order chi connectivity index (χ1) is 13.3. The van der Waals surface area contributed by atoms with Gasteiger partial charge in [0.05, 0.1) is 31.5 Å². The van der Waals surface area contributed by atoms with Gasteiger partial charge in [-0.15, -0.1) is 0 Å². The van der Waals surface area contributed by atoms with Crippen molar-refractivity contribution in [2.24, 2.45) is 0 Å². The third kappa shape index (κ3) is 3.04. The number of hydrogen-bond donors (Lipinski definition) is 0. The van der Waals surface area contributed by atoms with Crippen LogP contribution >= 0.6 is 0 Å². The second-order valence-electron chi connectivity index (χ2n) is 7.80. The number of fused-ring (bicyclic) bond motifs is 2. The molecular formula is C21H25NO6. The van der Waals surface area contributed by atoms with Crippen molar-refractivity contribution in [2.75, 3.05) is 20.8 Å². The summed E-state index contributed by atoms with van der Waals surface area (Å²) in [4.78, 5) is 4.60. The summed E-state index contributed by atoms with van der Waals surface area (Å²) in [7, 11) is 3.21. The molecule has 0 saturated carbocycles. The van der Waals surface area contributed by atoms with Crippen molar-refractivity contribution in [3.8, 4) is 17.2 Å². The van der Waals surface area contributed by atoms with Crippen molar-refractivity contribution in [3.63, 3.8) is 0 Å². The molecule has 3 heterocycles. The molecule has 0 bridgehead atoms. The Balaban J connectivity index is 1.71. The molecule has 0 amide bonds. The molecule has 1 aromatic carbocycles. The van der Waals surface area contributed by atoms with E-state index in [1.165, 1.54) is 0 Å². The number of rotatable bonds is 5. The molecule has 0 spiro atoms. The standard InChI is InChI=1S/C21H25NO6/c1-20(2)15(27-21(3,4)28-20)11-26-14-8-7-12-16(18(14)24-6)22-19-13(9-10-25-19)17(12)23-5/h7-10,15H,11H2,1-6H3/t15-/m1/s1. The van der Waals surface area contributed by atoms with Crippen molar-refractivity contribution in [1.82, 2.24) is 4.98 Å². The summed E-state index contributed by atoms with van der Waals surface area (Å²) in [6, 6.07) is 5.59. The zero-order valence-electron chi connectivity index (χ0n) is 17.0. The Hall–Kier alpha value is -2.51. The van der Waals surface area contributed by atoms with Gasteiger partial charge in [0, 0.05) is 5.39 Å². The van der Waals surface area contributed by atoms with Gasteiger partial charge >= 0.3 is 0 Å². The summed E-state index contributed by atoms with van der Waals surface area (Å²) in [5.41, 5.74) is 0.632. The smallest absolute Gasteiger partial charge is 0.230 e. The van der Waals surface area contributed by atoms with Gasteiger partial charge < -0.3 is 28.1 Å². The lowest BCUT2D eigenvalue weighted by Crippen LogP contribution is -2.37. The first-order valence-corrected chi connectivity index (χ1v) is 9.18. The fourth-order valence-electron chi connectivity index (χ4n) is 3.79. The average Bonchev–Trinajstić information content (AvgIpc) is 3.17. The van der Waals surface area contributed by atoms with E-state index in [4.69, 9.17) is 28.1 Å². The van der Waals surface area contributed by atoms with Gasteiger partial charge in [-0.2, -0.15) is 0 Å². The van der Waals surface area contributed by atoms with Gasteiger partial charge in [-0.3, -0.25) is 0 Å². The molecule has 0 N–H and O–H groups in total. The Morgan fingerprint density at radius 3 is 2.39 bits per heavy atom. The monoisotopic (exact) mass is 387 g/mol. The molecule has 0 unspecified atom stereocenters. The highest BCUT2D eigenvalue weighted by Gasteiger charge is 2.47. The fourth-order valence-corrected chi connectivity index (χ4v) is 3.79. The van der Waals surface area contributed by atoms with Gasteiger partial charge in [0.2, 0.25) is 5.71 Å². The minimum atomic E-state index is -0.648. The van der Waals surface area contributed by atoms with Crippen LogP contribution in [0.15, 0.2) is 28.9 Å². The fraction of sp³-hybridized carbons (Fsp3) is 0.476. The third-order valence-electron chi connectivity index (χ3n) is 4.95. The Morgan fingerprint density at radius 2 is 1.75 bits per heavy atom. The predicted octanol–water partition coefficient (Wildman–Crippen LogP) is 4.31. The van der Waals surface area contributed by atoms with Crippen LogP contribution < -0.4 is 14.2 Å².